The molecule has 2 aliphatic rings. The van der Waals surface area contributed by atoms with E-state index in [1.54, 1.807) is 0 Å². The Balaban J connectivity index is 2.16. The Bertz CT molecular complexity index is 317. The van der Waals surface area contributed by atoms with Crippen LogP contribution in [-0.2, 0) is 4.43 Å². The summed E-state index contributed by atoms with van der Waals surface area (Å²) >= 11 is 0. The van der Waals surface area contributed by atoms with Crippen LogP contribution in [0, 0.1) is 11.3 Å². The van der Waals surface area contributed by atoms with Gasteiger partial charge >= 0.3 is 0 Å². The number of hydrogen-bond donors (Lipinski definition) is 1. The molecule has 0 aliphatic heterocycles. The molecule has 2 aliphatic carbocycles. The van der Waals surface area contributed by atoms with E-state index in [-0.39, 0.29) is 5.04 Å². The van der Waals surface area contributed by atoms with Gasteiger partial charge in [-0.1, -0.05) is 33.6 Å². The highest BCUT2D eigenvalue weighted by atomic mass is 28.4. The maximum absolute atomic E-state index is 9.72. The van der Waals surface area contributed by atoms with E-state index >= 15 is 0 Å². The standard InChI is InChI=1S/C16H32O2Si/c1-15(2,3)19(4,5)18-14-9-7-11-16(14)10-6-8-13(16)12-17/h13-14,17H,6-12H2,1-5H3/t13?,14-,16+/m0/s1. The Morgan fingerprint density at radius 3 is 2.26 bits per heavy atom. The summed E-state index contributed by atoms with van der Waals surface area (Å²) in [4.78, 5) is 0. The van der Waals surface area contributed by atoms with Crippen LogP contribution in [0.25, 0.3) is 0 Å². The van der Waals surface area contributed by atoms with Crippen LogP contribution in [0.2, 0.25) is 18.1 Å². The molecule has 3 heteroatoms. The van der Waals surface area contributed by atoms with Crippen molar-refractivity contribution in [2.75, 3.05) is 6.61 Å². The minimum atomic E-state index is -1.69. The molecule has 1 spiro atoms. The highest BCUT2D eigenvalue weighted by Crippen LogP contribution is 2.56. The van der Waals surface area contributed by atoms with E-state index in [0.717, 1.165) is 0 Å². The van der Waals surface area contributed by atoms with Crippen molar-refractivity contribution in [3.8, 4) is 0 Å². The Morgan fingerprint density at radius 2 is 1.74 bits per heavy atom. The minimum Gasteiger partial charge on any atom is -0.413 e. The van der Waals surface area contributed by atoms with Crippen LogP contribution >= 0.6 is 0 Å². The summed E-state index contributed by atoms with van der Waals surface area (Å²) in [6.07, 6.45) is 7.94. The van der Waals surface area contributed by atoms with Crippen LogP contribution in [0.5, 0.6) is 0 Å². The lowest BCUT2D eigenvalue weighted by atomic mass is 9.75. The second-order valence-corrected chi connectivity index (χ2v) is 13.0. The lowest BCUT2D eigenvalue weighted by Gasteiger charge is -2.44. The molecule has 3 atom stereocenters. The summed E-state index contributed by atoms with van der Waals surface area (Å²) in [6, 6.07) is 0. The van der Waals surface area contributed by atoms with Gasteiger partial charge in [0, 0.05) is 12.0 Å². The van der Waals surface area contributed by atoms with Crippen molar-refractivity contribution in [2.45, 2.75) is 83.5 Å². The smallest absolute Gasteiger partial charge is 0.192 e. The third kappa shape index (κ3) is 2.66. The summed E-state index contributed by atoms with van der Waals surface area (Å²) in [5.74, 6) is 0.491. The monoisotopic (exact) mass is 284 g/mol. The predicted molar refractivity (Wildman–Crippen MR) is 82.8 cm³/mol. The summed E-state index contributed by atoms with van der Waals surface area (Å²) in [5, 5.41) is 10.0. The second kappa shape index (κ2) is 5.16. The molecule has 0 radical (unpaired) electrons. The largest absolute Gasteiger partial charge is 0.413 e. The van der Waals surface area contributed by atoms with Crippen LogP contribution in [-0.4, -0.2) is 26.1 Å². The van der Waals surface area contributed by atoms with Gasteiger partial charge in [0.05, 0.1) is 6.10 Å². The molecule has 0 bridgehead atoms. The van der Waals surface area contributed by atoms with Crippen molar-refractivity contribution in [3.05, 3.63) is 0 Å². The first-order chi connectivity index (χ1) is 8.73. The molecule has 0 saturated heterocycles. The fourth-order valence-electron chi connectivity index (χ4n) is 3.97. The van der Waals surface area contributed by atoms with Crippen molar-refractivity contribution >= 4 is 8.32 Å². The van der Waals surface area contributed by atoms with Crippen LogP contribution in [0.4, 0.5) is 0 Å². The van der Waals surface area contributed by atoms with Crippen molar-refractivity contribution in [1.82, 2.24) is 0 Å². The van der Waals surface area contributed by atoms with E-state index in [0.29, 0.717) is 24.0 Å². The van der Waals surface area contributed by atoms with Crippen LogP contribution in [0.3, 0.4) is 0 Å². The Kier molecular flexibility index (Phi) is 4.21. The average Bonchev–Trinajstić information content (AvgIpc) is 2.86. The molecule has 0 aromatic rings. The summed E-state index contributed by atoms with van der Waals surface area (Å²) < 4.78 is 6.76. The van der Waals surface area contributed by atoms with Gasteiger partial charge in [-0.3, -0.25) is 0 Å². The van der Waals surface area contributed by atoms with Crippen LogP contribution in [0.15, 0.2) is 0 Å². The first-order valence-corrected chi connectivity index (χ1v) is 10.9. The first kappa shape index (κ1) is 15.5. The molecule has 19 heavy (non-hydrogen) atoms. The lowest BCUT2D eigenvalue weighted by Crippen LogP contribution is -2.48. The SMILES string of the molecule is CC(C)(C)[Si](C)(C)O[C@H]1CCC[C@@]12CCCC2CO. The van der Waals surface area contributed by atoms with E-state index < -0.39 is 8.32 Å². The topological polar surface area (TPSA) is 29.5 Å². The minimum absolute atomic E-state index is 0.282. The van der Waals surface area contributed by atoms with Crippen LogP contribution < -0.4 is 0 Å². The summed E-state index contributed by atoms with van der Waals surface area (Å²) in [5.41, 5.74) is 0.310. The fourth-order valence-corrected chi connectivity index (χ4v) is 5.39. The van der Waals surface area contributed by atoms with Gasteiger partial charge in [0.15, 0.2) is 8.32 Å². The zero-order valence-electron chi connectivity index (χ0n) is 13.5. The van der Waals surface area contributed by atoms with E-state index in [1.165, 1.54) is 38.5 Å². The fraction of sp³-hybridized carbons (Fsp3) is 1.00. The normalized spacial score (nSPS) is 36.3. The Morgan fingerprint density at radius 1 is 1.16 bits per heavy atom. The highest BCUT2D eigenvalue weighted by molar-refractivity contribution is 6.74. The molecule has 0 amide bonds. The molecule has 2 fully saturated rings. The van der Waals surface area contributed by atoms with Crippen molar-refractivity contribution in [3.63, 3.8) is 0 Å². The lowest BCUT2D eigenvalue weighted by molar-refractivity contribution is 0.0103. The van der Waals surface area contributed by atoms with Gasteiger partial charge in [0.2, 0.25) is 0 Å². The quantitative estimate of drug-likeness (QED) is 0.781. The molecule has 2 nitrogen and oxygen atoms in total. The second-order valence-electron chi connectivity index (χ2n) is 8.26. The molecular formula is C16H32O2Si. The van der Waals surface area contributed by atoms with Gasteiger partial charge in [0.1, 0.15) is 0 Å². The van der Waals surface area contributed by atoms with E-state index in [9.17, 15) is 5.11 Å². The highest BCUT2D eigenvalue weighted by Gasteiger charge is 2.53. The predicted octanol–water partition coefficient (Wildman–Crippen LogP) is 4.34. The first-order valence-electron chi connectivity index (χ1n) is 8.02. The van der Waals surface area contributed by atoms with Gasteiger partial charge in [0.25, 0.3) is 0 Å². The van der Waals surface area contributed by atoms with E-state index in [2.05, 4.69) is 33.9 Å². The third-order valence-corrected chi connectivity index (χ3v) is 10.7. The molecule has 2 rings (SSSR count). The van der Waals surface area contributed by atoms with Gasteiger partial charge in [-0.15, -0.1) is 0 Å². The number of aliphatic hydroxyl groups excluding tert-OH is 1. The summed E-state index contributed by atoms with van der Waals surface area (Å²) in [7, 11) is -1.69. The number of aliphatic hydroxyl groups is 1. The van der Waals surface area contributed by atoms with Gasteiger partial charge in [-0.25, -0.2) is 0 Å². The maximum Gasteiger partial charge on any atom is 0.192 e. The number of hydrogen-bond acceptors (Lipinski definition) is 2. The Labute approximate surface area is 120 Å². The zero-order valence-corrected chi connectivity index (χ0v) is 14.5. The third-order valence-electron chi connectivity index (χ3n) is 6.22. The van der Waals surface area contributed by atoms with Crippen molar-refractivity contribution < 1.29 is 9.53 Å². The molecular weight excluding hydrogens is 252 g/mol. The van der Waals surface area contributed by atoms with E-state index in [1.807, 2.05) is 0 Å². The van der Waals surface area contributed by atoms with Crippen molar-refractivity contribution in [1.29, 1.82) is 0 Å². The van der Waals surface area contributed by atoms with Gasteiger partial charge < -0.3 is 9.53 Å². The average molecular weight is 285 g/mol. The Hall–Kier alpha value is 0.137. The van der Waals surface area contributed by atoms with Crippen molar-refractivity contribution in [2.24, 2.45) is 11.3 Å². The molecule has 1 N–H and O–H groups in total. The number of rotatable bonds is 3. The molecule has 1 unspecified atom stereocenters. The molecule has 0 heterocycles. The van der Waals surface area contributed by atoms with E-state index in [4.69, 9.17) is 4.43 Å². The zero-order chi connectivity index (χ0) is 14.3. The van der Waals surface area contributed by atoms with Crippen LogP contribution in [0.1, 0.15) is 59.3 Å². The summed E-state index contributed by atoms with van der Waals surface area (Å²) in [6.45, 7) is 12.0. The molecule has 2 saturated carbocycles. The maximum atomic E-state index is 9.72. The molecule has 0 aromatic heterocycles. The van der Waals surface area contributed by atoms with Gasteiger partial charge in [-0.2, -0.15) is 0 Å². The molecule has 0 aromatic carbocycles. The molecule has 112 valence electrons. The van der Waals surface area contributed by atoms with Gasteiger partial charge in [-0.05, 0) is 49.7 Å².